The molecule has 7 heteroatoms. The zero-order chi connectivity index (χ0) is 18.4. The van der Waals surface area contributed by atoms with Crippen LogP contribution in [0.1, 0.15) is 19.3 Å². The molecule has 2 saturated heterocycles. The Morgan fingerprint density at radius 2 is 1.50 bits per heavy atom. The number of nitrogens with zero attached hydrogens (tertiary/aromatic N) is 3. The number of likely N-dealkylation sites (tertiary alicyclic amines) is 1. The fourth-order valence-corrected chi connectivity index (χ4v) is 3.67. The van der Waals surface area contributed by atoms with Crippen LogP contribution in [0, 0.1) is 0 Å². The molecule has 3 rings (SSSR count). The summed E-state index contributed by atoms with van der Waals surface area (Å²) in [5, 5.41) is 0. The van der Waals surface area contributed by atoms with Crippen LogP contribution in [0.5, 0.6) is 5.75 Å². The molecule has 0 saturated carbocycles. The minimum Gasteiger partial charge on any atom is -0.484 e. The second-order valence-electron chi connectivity index (χ2n) is 6.84. The molecular weight excluding hydrogens is 398 g/mol. The van der Waals surface area contributed by atoms with Crippen molar-refractivity contribution in [1.82, 2.24) is 14.7 Å². The summed E-state index contributed by atoms with van der Waals surface area (Å²) in [5.41, 5.74) is 0. The number of hydrogen-bond acceptors (Lipinski definition) is 4. The van der Waals surface area contributed by atoms with Crippen LogP contribution in [0.2, 0.25) is 0 Å². The fraction of sp³-hybridized carbons (Fsp3) is 0.579. The summed E-state index contributed by atoms with van der Waals surface area (Å²) in [4.78, 5) is 30.7. The third-order valence-corrected chi connectivity index (χ3v) is 5.46. The number of rotatable bonds is 5. The van der Waals surface area contributed by atoms with E-state index in [4.69, 9.17) is 4.74 Å². The van der Waals surface area contributed by atoms with Crippen molar-refractivity contribution in [2.45, 2.75) is 19.3 Å². The van der Waals surface area contributed by atoms with Crippen molar-refractivity contribution in [1.29, 1.82) is 0 Å². The standard InChI is InChI=1S/C19H26BrN3O3/c20-16-4-6-17(7-5-16)26-15-19(25)23-11-3-8-21(12-13-23)14-18(24)22-9-1-2-10-22/h4-7H,1-3,8-15H2. The maximum absolute atomic E-state index is 12.4. The van der Waals surface area contributed by atoms with Crippen molar-refractivity contribution >= 4 is 27.7 Å². The molecule has 2 amide bonds. The second-order valence-corrected chi connectivity index (χ2v) is 7.76. The van der Waals surface area contributed by atoms with E-state index in [-0.39, 0.29) is 18.4 Å². The second kappa shape index (κ2) is 9.37. The summed E-state index contributed by atoms with van der Waals surface area (Å²) in [6, 6.07) is 7.46. The monoisotopic (exact) mass is 423 g/mol. The van der Waals surface area contributed by atoms with Crippen LogP contribution < -0.4 is 4.74 Å². The number of carbonyl (C=O) groups excluding carboxylic acids is 2. The Kier molecular flexibility index (Phi) is 6.91. The van der Waals surface area contributed by atoms with E-state index in [1.165, 1.54) is 0 Å². The summed E-state index contributed by atoms with van der Waals surface area (Å²) in [6.07, 6.45) is 3.12. The molecule has 2 heterocycles. The topological polar surface area (TPSA) is 53.1 Å². The Hall–Kier alpha value is -1.60. The molecule has 2 fully saturated rings. The predicted octanol–water partition coefficient (Wildman–Crippen LogP) is 1.98. The third kappa shape index (κ3) is 5.45. The lowest BCUT2D eigenvalue weighted by Crippen LogP contribution is -2.41. The van der Waals surface area contributed by atoms with Crippen LogP contribution in [-0.2, 0) is 9.59 Å². The summed E-state index contributed by atoms with van der Waals surface area (Å²) in [7, 11) is 0. The van der Waals surface area contributed by atoms with Crippen molar-refractivity contribution < 1.29 is 14.3 Å². The van der Waals surface area contributed by atoms with Gasteiger partial charge in [0, 0.05) is 43.7 Å². The molecule has 0 radical (unpaired) electrons. The zero-order valence-electron chi connectivity index (χ0n) is 15.0. The van der Waals surface area contributed by atoms with E-state index < -0.39 is 0 Å². The lowest BCUT2D eigenvalue weighted by Gasteiger charge is -2.24. The lowest BCUT2D eigenvalue weighted by molar-refractivity contribution is -0.133. The molecule has 6 nitrogen and oxygen atoms in total. The van der Waals surface area contributed by atoms with Gasteiger partial charge in [0.15, 0.2) is 6.61 Å². The minimum absolute atomic E-state index is 0.000591. The molecule has 1 aromatic rings. The van der Waals surface area contributed by atoms with Crippen LogP contribution in [0.25, 0.3) is 0 Å². The SMILES string of the molecule is O=C(COc1ccc(Br)cc1)N1CCCN(CC(=O)N2CCCC2)CC1. The molecule has 2 aliphatic heterocycles. The predicted molar refractivity (Wildman–Crippen MR) is 103 cm³/mol. The van der Waals surface area contributed by atoms with Gasteiger partial charge in [-0.2, -0.15) is 0 Å². The van der Waals surface area contributed by atoms with Gasteiger partial charge < -0.3 is 14.5 Å². The van der Waals surface area contributed by atoms with Gasteiger partial charge in [-0.15, -0.1) is 0 Å². The molecule has 1 aromatic carbocycles. The van der Waals surface area contributed by atoms with Crippen molar-refractivity contribution in [3.05, 3.63) is 28.7 Å². The highest BCUT2D eigenvalue weighted by atomic mass is 79.9. The fourth-order valence-electron chi connectivity index (χ4n) is 3.40. The van der Waals surface area contributed by atoms with E-state index in [2.05, 4.69) is 20.8 Å². The van der Waals surface area contributed by atoms with E-state index in [0.29, 0.717) is 18.8 Å². The molecule has 26 heavy (non-hydrogen) atoms. The Morgan fingerprint density at radius 1 is 0.846 bits per heavy atom. The first-order valence-electron chi connectivity index (χ1n) is 9.28. The number of ether oxygens (including phenoxy) is 1. The number of carbonyl (C=O) groups is 2. The first-order valence-corrected chi connectivity index (χ1v) is 10.1. The largest absolute Gasteiger partial charge is 0.484 e. The van der Waals surface area contributed by atoms with Crippen molar-refractivity contribution in [2.75, 3.05) is 52.4 Å². The Bertz CT molecular complexity index is 617. The molecular formula is C19H26BrN3O3. The van der Waals surface area contributed by atoms with Gasteiger partial charge in [0.1, 0.15) is 5.75 Å². The molecule has 0 unspecified atom stereocenters. The molecule has 0 N–H and O–H groups in total. The normalized spacial score (nSPS) is 18.7. The van der Waals surface area contributed by atoms with E-state index in [9.17, 15) is 9.59 Å². The maximum Gasteiger partial charge on any atom is 0.260 e. The maximum atomic E-state index is 12.4. The molecule has 2 aliphatic rings. The number of benzene rings is 1. The van der Waals surface area contributed by atoms with E-state index in [1.54, 1.807) is 0 Å². The van der Waals surface area contributed by atoms with Crippen molar-refractivity contribution in [3.63, 3.8) is 0 Å². The molecule has 0 aliphatic carbocycles. The molecule has 0 bridgehead atoms. The average Bonchev–Trinajstić information content (AvgIpc) is 3.09. The van der Waals surface area contributed by atoms with Crippen molar-refractivity contribution in [3.8, 4) is 5.75 Å². The van der Waals surface area contributed by atoms with Gasteiger partial charge in [0.05, 0.1) is 6.54 Å². The molecule has 0 atom stereocenters. The summed E-state index contributed by atoms with van der Waals surface area (Å²) < 4.78 is 6.57. The smallest absolute Gasteiger partial charge is 0.260 e. The van der Waals surface area contributed by atoms with Crippen LogP contribution in [0.4, 0.5) is 0 Å². The minimum atomic E-state index is 0.000591. The van der Waals surface area contributed by atoms with Gasteiger partial charge in [-0.25, -0.2) is 0 Å². The van der Waals surface area contributed by atoms with Crippen LogP contribution in [-0.4, -0.2) is 78.9 Å². The number of hydrogen-bond donors (Lipinski definition) is 0. The van der Waals surface area contributed by atoms with Crippen LogP contribution >= 0.6 is 15.9 Å². The van der Waals surface area contributed by atoms with Gasteiger partial charge in [-0.05, 0) is 43.5 Å². The van der Waals surface area contributed by atoms with Gasteiger partial charge in [-0.1, -0.05) is 15.9 Å². The van der Waals surface area contributed by atoms with Crippen LogP contribution in [0.3, 0.4) is 0 Å². The average molecular weight is 424 g/mol. The Balaban J connectivity index is 1.42. The Morgan fingerprint density at radius 3 is 2.23 bits per heavy atom. The van der Waals surface area contributed by atoms with Gasteiger partial charge >= 0.3 is 0 Å². The Labute approximate surface area is 163 Å². The zero-order valence-corrected chi connectivity index (χ0v) is 16.6. The quantitative estimate of drug-likeness (QED) is 0.726. The third-order valence-electron chi connectivity index (χ3n) is 4.93. The number of amides is 2. The van der Waals surface area contributed by atoms with Gasteiger partial charge in [-0.3, -0.25) is 14.5 Å². The highest BCUT2D eigenvalue weighted by Gasteiger charge is 2.23. The molecule has 142 valence electrons. The first kappa shape index (κ1) is 19.2. The lowest BCUT2D eigenvalue weighted by atomic mass is 10.3. The highest BCUT2D eigenvalue weighted by molar-refractivity contribution is 9.10. The van der Waals surface area contributed by atoms with Crippen molar-refractivity contribution in [2.24, 2.45) is 0 Å². The summed E-state index contributed by atoms with van der Waals surface area (Å²) >= 11 is 3.38. The van der Waals surface area contributed by atoms with E-state index >= 15 is 0 Å². The van der Waals surface area contributed by atoms with E-state index in [0.717, 1.165) is 56.5 Å². The highest BCUT2D eigenvalue weighted by Crippen LogP contribution is 2.16. The van der Waals surface area contributed by atoms with Gasteiger partial charge in [0.2, 0.25) is 5.91 Å². The van der Waals surface area contributed by atoms with Crippen LogP contribution in [0.15, 0.2) is 28.7 Å². The van der Waals surface area contributed by atoms with E-state index in [1.807, 2.05) is 34.1 Å². The first-order chi connectivity index (χ1) is 12.6. The summed E-state index contributed by atoms with van der Waals surface area (Å²) in [5.74, 6) is 0.913. The van der Waals surface area contributed by atoms with Gasteiger partial charge in [0.25, 0.3) is 5.91 Å². The summed E-state index contributed by atoms with van der Waals surface area (Å²) in [6.45, 7) is 5.27. The molecule has 0 spiro atoms. The molecule has 0 aromatic heterocycles. The number of halogens is 1.